The number of aromatic nitrogens is 1. The quantitative estimate of drug-likeness (QED) is 0.943. The topological polar surface area (TPSA) is 45.2 Å². The minimum Gasteiger partial charge on any atom is -0.341 e. The van der Waals surface area contributed by atoms with E-state index in [0.717, 1.165) is 35.8 Å². The fourth-order valence-corrected chi connectivity index (χ4v) is 3.57. The first kappa shape index (κ1) is 15.2. The lowest BCUT2D eigenvalue weighted by molar-refractivity contribution is -0.130. The summed E-state index contributed by atoms with van der Waals surface area (Å²) in [5.74, 6) is 0.148. The molecule has 116 valence electrons. The van der Waals surface area contributed by atoms with Crippen LogP contribution in [-0.2, 0) is 11.2 Å². The van der Waals surface area contributed by atoms with E-state index in [2.05, 4.69) is 35.4 Å². The summed E-state index contributed by atoms with van der Waals surface area (Å²) in [5.41, 5.74) is 3.21. The third kappa shape index (κ3) is 3.36. The van der Waals surface area contributed by atoms with Gasteiger partial charge in [-0.3, -0.25) is 4.79 Å². The zero-order chi connectivity index (χ0) is 15.5. The third-order valence-corrected chi connectivity index (χ3v) is 5.06. The van der Waals surface area contributed by atoms with Crippen LogP contribution in [0, 0.1) is 6.92 Å². The van der Waals surface area contributed by atoms with Crippen molar-refractivity contribution in [2.75, 3.05) is 20.1 Å². The van der Waals surface area contributed by atoms with Crippen molar-refractivity contribution in [2.45, 2.75) is 25.8 Å². The van der Waals surface area contributed by atoms with Crippen LogP contribution in [0.15, 0.2) is 29.6 Å². The second-order valence-corrected chi connectivity index (χ2v) is 6.70. The van der Waals surface area contributed by atoms with Gasteiger partial charge >= 0.3 is 0 Å². The van der Waals surface area contributed by atoms with Crippen molar-refractivity contribution in [3.63, 3.8) is 0 Å². The van der Waals surface area contributed by atoms with Gasteiger partial charge in [0.2, 0.25) is 5.91 Å². The molecule has 1 aromatic heterocycles. The fourth-order valence-electron chi connectivity index (χ4n) is 2.75. The van der Waals surface area contributed by atoms with Crippen LogP contribution < -0.4 is 5.32 Å². The summed E-state index contributed by atoms with van der Waals surface area (Å²) in [6, 6.07) is 8.63. The molecule has 0 bridgehead atoms. The average molecular weight is 315 g/mol. The summed E-state index contributed by atoms with van der Waals surface area (Å²) in [6.07, 6.45) is 1.42. The van der Waals surface area contributed by atoms with Gasteiger partial charge in [0.05, 0.1) is 12.1 Å². The molecule has 3 rings (SSSR count). The van der Waals surface area contributed by atoms with Gasteiger partial charge in [-0.15, -0.1) is 11.3 Å². The molecule has 2 heterocycles. The molecule has 0 aliphatic carbocycles. The summed E-state index contributed by atoms with van der Waals surface area (Å²) in [4.78, 5) is 18.9. The highest BCUT2D eigenvalue weighted by molar-refractivity contribution is 7.13. The van der Waals surface area contributed by atoms with Gasteiger partial charge in [-0.1, -0.05) is 23.8 Å². The summed E-state index contributed by atoms with van der Waals surface area (Å²) >= 11 is 1.60. The third-order valence-electron chi connectivity index (χ3n) is 4.12. The van der Waals surface area contributed by atoms with E-state index in [1.54, 1.807) is 11.3 Å². The van der Waals surface area contributed by atoms with E-state index < -0.39 is 0 Å². The molecule has 1 amide bonds. The molecule has 5 heteroatoms. The fraction of sp³-hybridized carbons (Fsp3) is 0.412. The molecule has 0 saturated carbocycles. The van der Waals surface area contributed by atoms with E-state index >= 15 is 0 Å². The van der Waals surface area contributed by atoms with Gasteiger partial charge in [-0.25, -0.2) is 4.98 Å². The maximum atomic E-state index is 12.4. The van der Waals surface area contributed by atoms with Gasteiger partial charge in [0.25, 0.3) is 0 Å². The van der Waals surface area contributed by atoms with Gasteiger partial charge < -0.3 is 10.2 Å². The first-order valence-electron chi connectivity index (χ1n) is 7.61. The molecule has 1 fully saturated rings. The number of hydrogen-bond donors (Lipinski definition) is 1. The molecule has 1 aromatic carbocycles. The largest absolute Gasteiger partial charge is 0.341 e. The molecule has 1 N–H and O–H groups in total. The Morgan fingerprint density at radius 3 is 3.09 bits per heavy atom. The maximum Gasteiger partial charge on any atom is 0.228 e. The Morgan fingerprint density at radius 2 is 2.36 bits per heavy atom. The van der Waals surface area contributed by atoms with Gasteiger partial charge in [0.15, 0.2) is 0 Å². The molecule has 4 nitrogen and oxygen atoms in total. The number of nitrogens with zero attached hydrogens (tertiary/aromatic N) is 2. The monoisotopic (exact) mass is 315 g/mol. The molecule has 2 aromatic rings. The van der Waals surface area contributed by atoms with Crippen molar-refractivity contribution in [3.8, 4) is 10.6 Å². The van der Waals surface area contributed by atoms with Crippen LogP contribution in [0.3, 0.4) is 0 Å². The second-order valence-electron chi connectivity index (χ2n) is 5.84. The SMILES string of the molecule is Cc1cccc(-c2nc(CC(=O)N(C)C3CCNC3)cs2)c1. The molecule has 1 saturated heterocycles. The number of amides is 1. The Balaban J connectivity index is 1.67. The Hall–Kier alpha value is -1.72. The zero-order valence-electron chi connectivity index (χ0n) is 13.0. The summed E-state index contributed by atoms with van der Waals surface area (Å²) in [7, 11) is 1.90. The van der Waals surface area contributed by atoms with Crippen LogP contribution in [0.25, 0.3) is 10.6 Å². The molecule has 0 spiro atoms. The van der Waals surface area contributed by atoms with Crippen molar-refractivity contribution < 1.29 is 4.79 Å². The smallest absolute Gasteiger partial charge is 0.228 e. The molecule has 0 radical (unpaired) electrons. The van der Waals surface area contributed by atoms with Crippen LogP contribution >= 0.6 is 11.3 Å². The lowest BCUT2D eigenvalue weighted by atomic mass is 10.1. The highest BCUT2D eigenvalue weighted by atomic mass is 32.1. The summed E-state index contributed by atoms with van der Waals surface area (Å²) in [6.45, 7) is 3.97. The van der Waals surface area contributed by atoms with Crippen molar-refractivity contribution in [1.29, 1.82) is 0 Å². The normalized spacial score (nSPS) is 17.6. The molecular formula is C17H21N3OS. The van der Waals surface area contributed by atoms with Gasteiger partial charge in [0, 0.05) is 30.6 Å². The number of hydrogen-bond acceptors (Lipinski definition) is 4. The summed E-state index contributed by atoms with van der Waals surface area (Å²) < 4.78 is 0. The molecule has 1 aliphatic heterocycles. The van der Waals surface area contributed by atoms with Gasteiger partial charge in [-0.05, 0) is 26.0 Å². The van der Waals surface area contributed by atoms with Gasteiger partial charge in [0.1, 0.15) is 5.01 Å². The average Bonchev–Trinajstić information content (AvgIpc) is 3.18. The van der Waals surface area contributed by atoms with Crippen molar-refractivity contribution in [3.05, 3.63) is 40.9 Å². The Bertz CT molecular complexity index is 661. The number of thiazole rings is 1. The minimum atomic E-state index is 0.148. The number of nitrogens with one attached hydrogen (secondary N) is 1. The first-order valence-corrected chi connectivity index (χ1v) is 8.49. The number of benzene rings is 1. The van der Waals surface area contributed by atoms with E-state index in [4.69, 9.17) is 0 Å². The van der Waals surface area contributed by atoms with E-state index in [1.807, 2.05) is 23.4 Å². The summed E-state index contributed by atoms with van der Waals surface area (Å²) in [5, 5.41) is 6.27. The standard InChI is InChI=1S/C17H21N3OS/c1-12-4-3-5-13(8-12)17-19-14(11-22-17)9-16(21)20(2)15-6-7-18-10-15/h3-5,8,11,15,18H,6-7,9-10H2,1-2H3. The van der Waals surface area contributed by atoms with Crippen molar-refractivity contribution >= 4 is 17.2 Å². The molecule has 1 unspecified atom stereocenters. The molecular weight excluding hydrogens is 294 g/mol. The zero-order valence-corrected chi connectivity index (χ0v) is 13.8. The van der Waals surface area contributed by atoms with Crippen molar-refractivity contribution in [2.24, 2.45) is 0 Å². The predicted molar refractivity (Wildman–Crippen MR) is 90.0 cm³/mol. The lowest BCUT2D eigenvalue weighted by Crippen LogP contribution is -2.39. The maximum absolute atomic E-state index is 12.4. The molecule has 1 atom stereocenters. The van der Waals surface area contributed by atoms with Crippen molar-refractivity contribution in [1.82, 2.24) is 15.2 Å². The lowest BCUT2D eigenvalue weighted by Gasteiger charge is -2.23. The van der Waals surface area contributed by atoms with Crippen LogP contribution in [0.4, 0.5) is 0 Å². The van der Waals surface area contributed by atoms with E-state index in [1.165, 1.54) is 5.56 Å². The highest BCUT2D eigenvalue weighted by Gasteiger charge is 2.23. The van der Waals surface area contributed by atoms with Crippen LogP contribution in [0.5, 0.6) is 0 Å². The number of carbonyl (C=O) groups is 1. The Labute approximate surface area is 135 Å². The number of aryl methyl sites for hydroxylation is 1. The number of likely N-dealkylation sites (N-methyl/N-ethyl adjacent to an activating group) is 1. The number of carbonyl (C=O) groups excluding carboxylic acids is 1. The van der Waals surface area contributed by atoms with Crippen LogP contribution in [0.2, 0.25) is 0 Å². The highest BCUT2D eigenvalue weighted by Crippen LogP contribution is 2.24. The van der Waals surface area contributed by atoms with E-state index in [-0.39, 0.29) is 5.91 Å². The minimum absolute atomic E-state index is 0.148. The number of rotatable bonds is 4. The van der Waals surface area contributed by atoms with E-state index in [0.29, 0.717) is 12.5 Å². The van der Waals surface area contributed by atoms with Crippen LogP contribution in [-0.4, -0.2) is 42.0 Å². The van der Waals surface area contributed by atoms with Gasteiger partial charge in [-0.2, -0.15) is 0 Å². The molecule has 1 aliphatic rings. The van der Waals surface area contributed by atoms with E-state index in [9.17, 15) is 4.79 Å². The first-order chi connectivity index (χ1) is 10.6. The Kier molecular flexibility index (Phi) is 4.55. The van der Waals surface area contributed by atoms with Crippen LogP contribution in [0.1, 0.15) is 17.7 Å². The Morgan fingerprint density at radius 1 is 1.50 bits per heavy atom. The predicted octanol–water partition coefficient (Wildman–Crippen LogP) is 2.48. The second kappa shape index (κ2) is 6.58. The molecule has 22 heavy (non-hydrogen) atoms.